The second-order valence-electron chi connectivity index (χ2n) is 2.82. The van der Waals surface area contributed by atoms with Crippen LogP contribution in [0.1, 0.15) is 33.1 Å². The van der Waals surface area contributed by atoms with Gasteiger partial charge < -0.3 is 0 Å². The topological polar surface area (TPSA) is 71.4 Å². The van der Waals surface area contributed by atoms with Crippen molar-refractivity contribution in [3.63, 3.8) is 0 Å². The first-order valence-electron chi connectivity index (χ1n) is 3.86. The Morgan fingerprint density at radius 3 is 2.33 bits per heavy atom. The summed E-state index contributed by atoms with van der Waals surface area (Å²) < 4.78 is 29.5. The van der Waals surface area contributed by atoms with Crippen LogP contribution in [0, 0.1) is 0 Å². The maximum atomic E-state index is 10.9. The zero-order chi connectivity index (χ0) is 9.78. The molecule has 0 aliphatic heterocycles. The first kappa shape index (κ1) is 11.6. The third kappa shape index (κ3) is 4.46. The van der Waals surface area contributed by atoms with Gasteiger partial charge in [0.05, 0.1) is 5.25 Å². The van der Waals surface area contributed by atoms with Gasteiger partial charge in [0.15, 0.2) is 0 Å². The van der Waals surface area contributed by atoms with Crippen LogP contribution in [0.2, 0.25) is 0 Å². The Labute approximate surface area is 72.7 Å². The van der Waals surface area contributed by atoms with Gasteiger partial charge in [0, 0.05) is 12.8 Å². The van der Waals surface area contributed by atoms with Crippen LogP contribution >= 0.6 is 0 Å². The molecule has 4 nitrogen and oxygen atoms in total. The van der Waals surface area contributed by atoms with Gasteiger partial charge in [-0.3, -0.25) is 9.35 Å². The van der Waals surface area contributed by atoms with Crippen LogP contribution in [0.3, 0.4) is 0 Å². The van der Waals surface area contributed by atoms with E-state index in [-0.39, 0.29) is 12.2 Å². The highest BCUT2D eigenvalue weighted by Gasteiger charge is 2.19. The molecule has 0 aromatic carbocycles. The van der Waals surface area contributed by atoms with E-state index in [2.05, 4.69) is 0 Å². The molecule has 0 rings (SSSR count). The number of carbonyl (C=O) groups excluding carboxylic acids is 1. The number of rotatable bonds is 5. The molecule has 0 amide bonds. The largest absolute Gasteiger partial charge is 0.300 e. The summed E-state index contributed by atoms with van der Waals surface area (Å²) in [4.78, 5) is 10.9. The molecule has 1 unspecified atom stereocenters. The number of hydrogen-bond acceptors (Lipinski definition) is 3. The summed E-state index contributed by atoms with van der Waals surface area (Å²) in [5, 5.41) is -0.975. The lowest BCUT2D eigenvalue weighted by molar-refractivity contribution is -0.119. The van der Waals surface area contributed by atoms with Gasteiger partial charge in [0.25, 0.3) is 10.1 Å². The third-order valence-electron chi connectivity index (χ3n) is 1.55. The number of hydrogen-bond donors (Lipinski definition) is 1. The highest BCUT2D eigenvalue weighted by molar-refractivity contribution is 7.86. The van der Waals surface area contributed by atoms with Crippen molar-refractivity contribution in [2.75, 3.05) is 0 Å². The maximum absolute atomic E-state index is 10.9. The molecule has 72 valence electrons. The molecule has 0 bridgehead atoms. The minimum absolute atomic E-state index is 0.0906. The summed E-state index contributed by atoms with van der Waals surface area (Å²) in [5.74, 6) is -0.123. The Bertz CT molecular complexity index is 242. The van der Waals surface area contributed by atoms with Crippen LogP contribution in [0.15, 0.2) is 0 Å². The normalized spacial score (nSPS) is 14.2. The van der Waals surface area contributed by atoms with E-state index < -0.39 is 15.4 Å². The summed E-state index contributed by atoms with van der Waals surface area (Å²) in [6.07, 6.45) is 0.990. The highest BCUT2D eigenvalue weighted by atomic mass is 32.2. The molecule has 0 saturated carbocycles. The van der Waals surface area contributed by atoms with Gasteiger partial charge in [0.2, 0.25) is 0 Å². The van der Waals surface area contributed by atoms with Gasteiger partial charge in [-0.1, -0.05) is 6.92 Å². The Kier molecular flexibility index (Phi) is 4.41. The van der Waals surface area contributed by atoms with E-state index in [0.717, 1.165) is 0 Å². The van der Waals surface area contributed by atoms with E-state index in [0.29, 0.717) is 12.8 Å². The van der Waals surface area contributed by atoms with E-state index in [1.165, 1.54) is 6.92 Å². The highest BCUT2D eigenvalue weighted by Crippen LogP contribution is 2.06. The molecule has 0 fully saturated rings. The molecular formula is C7H14O4S. The van der Waals surface area contributed by atoms with Crippen LogP contribution in [-0.2, 0) is 14.9 Å². The van der Waals surface area contributed by atoms with E-state index in [4.69, 9.17) is 4.55 Å². The van der Waals surface area contributed by atoms with Crippen LogP contribution in [0.4, 0.5) is 0 Å². The molecule has 1 N–H and O–H groups in total. The average Bonchev–Trinajstić information content (AvgIpc) is 1.85. The summed E-state index contributed by atoms with van der Waals surface area (Å²) in [5.41, 5.74) is 0. The van der Waals surface area contributed by atoms with Gasteiger partial charge >= 0.3 is 0 Å². The molecule has 0 saturated heterocycles. The zero-order valence-electron chi connectivity index (χ0n) is 7.28. The van der Waals surface area contributed by atoms with Crippen molar-refractivity contribution in [1.29, 1.82) is 0 Å². The Hall–Kier alpha value is -0.420. The molecule has 0 aliphatic carbocycles. The summed E-state index contributed by atoms with van der Waals surface area (Å²) in [7, 11) is -4.04. The zero-order valence-corrected chi connectivity index (χ0v) is 8.10. The van der Waals surface area contributed by atoms with Crippen molar-refractivity contribution in [3.05, 3.63) is 0 Å². The predicted molar refractivity (Wildman–Crippen MR) is 45.5 cm³/mol. The number of ketones is 1. The number of carbonyl (C=O) groups is 1. The minimum atomic E-state index is -4.04. The number of Topliss-reactive ketones (excluding diaryl/α,β-unsaturated/α-hetero) is 1. The Morgan fingerprint density at radius 2 is 2.00 bits per heavy atom. The second-order valence-corrected chi connectivity index (χ2v) is 4.65. The van der Waals surface area contributed by atoms with Gasteiger partial charge in [-0.2, -0.15) is 8.42 Å². The monoisotopic (exact) mass is 194 g/mol. The van der Waals surface area contributed by atoms with Crippen molar-refractivity contribution in [2.24, 2.45) is 0 Å². The smallest absolute Gasteiger partial charge is 0.267 e. The van der Waals surface area contributed by atoms with Gasteiger partial charge in [-0.05, 0) is 13.3 Å². The SMILES string of the molecule is CCCC(=O)CC(C)S(=O)(=O)O. The lowest BCUT2D eigenvalue weighted by Gasteiger charge is -2.05. The fourth-order valence-electron chi connectivity index (χ4n) is 0.807. The maximum Gasteiger partial charge on any atom is 0.267 e. The van der Waals surface area contributed by atoms with Crippen molar-refractivity contribution < 1.29 is 17.8 Å². The van der Waals surface area contributed by atoms with Crippen LogP contribution in [-0.4, -0.2) is 24.0 Å². The first-order chi connectivity index (χ1) is 5.38. The predicted octanol–water partition coefficient (Wildman–Crippen LogP) is 1.02. The summed E-state index contributed by atoms with van der Waals surface area (Å²) in [6, 6.07) is 0. The van der Waals surface area contributed by atoms with Crippen LogP contribution in [0.5, 0.6) is 0 Å². The lowest BCUT2D eigenvalue weighted by Crippen LogP contribution is -2.20. The molecule has 0 aromatic heterocycles. The van der Waals surface area contributed by atoms with Gasteiger partial charge in [-0.15, -0.1) is 0 Å². The molecule has 0 aliphatic rings. The Morgan fingerprint density at radius 1 is 1.50 bits per heavy atom. The fraction of sp³-hybridized carbons (Fsp3) is 0.857. The summed E-state index contributed by atoms with van der Waals surface area (Å²) >= 11 is 0. The van der Waals surface area contributed by atoms with Crippen molar-refractivity contribution in [1.82, 2.24) is 0 Å². The molecule has 0 spiro atoms. The Balaban J connectivity index is 4.02. The fourth-order valence-corrected chi connectivity index (χ4v) is 1.20. The average molecular weight is 194 g/mol. The van der Waals surface area contributed by atoms with Gasteiger partial charge in [-0.25, -0.2) is 0 Å². The molecular weight excluding hydrogens is 180 g/mol. The molecule has 12 heavy (non-hydrogen) atoms. The molecule has 0 heterocycles. The first-order valence-corrected chi connectivity index (χ1v) is 5.36. The molecule has 0 aromatic rings. The van der Waals surface area contributed by atoms with Crippen LogP contribution in [0.25, 0.3) is 0 Å². The van der Waals surface area contributed by atoms with E-state index in [9.17, 15) is 13.2 Å². The summed E-state index contributed by atoms with van der Waals surface area (Å²) in [6.45, 7) is 3.17. The van der Waals surface area contributed by atoms with E-state index in [1.54, 1.807) is 0 Å². The standard InChI is InChI=1S/C7H14O4S/c1-3-4-7(8)5-6(2)12(9,10)11/h6H,3-5H2,1-2H3,(H,9,10,11). The van der Waals surface area contributed by atoms with E-state index in [1.807, 2.05) is 6.92 Å². The van der Waals surface area contributed by atoms with Crippen LogP contribution < -0.4 is 0 Å². The minimum Gasteiger partial charge on any atom is -0.300 e. The quantitative estimate of drug-likeness (QED) is 0.663. The third-order valence-corrected chi connectivity index (χ3v) is 2.74. The van der Waals surface area contributed by atoms with E-state index >= 15 is 0 Å². The van der Waals surface area contributed by atoms with Gasteiger partial charge in [0.1, 0.15) is 5.78 Å². The molecule has 1 atom stereocenters. The molecule has 0 radical (unpaired) electrons. The van der Waals surface area contributed by atoms with Crippen molar-refractivity contribution in [3.8, 4) is 0 Å². The van der Waals surface area contributed by atoms with Crippen molar-refractivity contribution >= 4 is 15.9 Å². The molecule has 5 heteroatoms. The second kappa shape index (κ2) is 4.57. The van der Waals surface area contributed by atoms with Crippen molar-refractivity contribution in [2.45, 2.75) is 38.4 Å². The lowest BCUT2D eigenvalue weighted by atomic mass is 10.1.